The lowest BCUT2D eigenvalue weighted by Gasteiger charge is -2.19. The molecule has 5 nitrogen and oxygen atoms in total. The maximum absolute atomic E-state index is 12.1. The number of hydrogen-bond donors (Lipinski definition) is 2. The lowest BCUT2D eigenvalue weighted by molar-refractivity contribution is -0.111. The van der Waals surface area contributed by atoms with Crippen LogP contribution in [0.25, 0.3) is 6.08 Å². The standard InChI is InChI=1S/C21H26N2O3S/c1-5-22-27(25,26)19-13-6-16(7-14-19)8-15-20(24)23-18-11-9-17(10-12-18)21(2,3)4/h6-15,22H,5H2,1-4H3,(H,23,24)/b15-8+. The van der Waals surface area contributed by atoms with Crippen molar-refractivity contribution in [3.8, 4) is 0 Å². The first-order valence-electron chi connectivity index (χ1n) is 8.81. The molecule has 0 fully saturated rings. The first-order valence-corrected chi connectivity index (χ1v) is 10.3. The molecular weight excluding hydrogens is 360 g/mol. The van der Waals surface area contributed by atoms with Gasteiger partial charge in [0.15, 0.2) is 0 Å². The number of carbonyl (C=O) groups excluding carboxylic acids is 1. The lowest BCUT2D eigenvalue weighted by Crippen LogP contribution is -2.22. The first-order chi connectivity index (χ1) is 12.6. The van der Waals surface area contributed by atoms with Gasteiger partial charge in [0.25, 0.3) is 0 Å². The van der Waals surface area contributed by atoms with Gasteiger partial charge in [-0.1, -0.05) is 52.0 Å². The van der Waals surface area contributed by atoms with Crippen molar-refractivity contribution in [1.29, 1.82) is 0 Å². The van der Waals surface area contributed by atoms with E-state index in [0.717, 1.165) is 11.3 Å². The van der Waals surface area contributed by atoms with Gasteiger partial charge in [0, 0.05) is 18.3 Å². The zero-order valence-corrected chi connectivity index (χ0v) is 16.9. The highest BCUT2D eigenvalue weighted by Crippen LogP contribution is 2.23. The van der Waals surface area contributed by atoms with Gasteiger partial charge in [-0.05, 0) is 46.9 Å². The Kier molecular flexibility index (Phi) is 6.57. The fourth-order valence-electron chi connectivity index (χ4n) is 2.44. The van der Waals surface area contributed by atoms with E-state index >= 15 is 0 Å². The van der Waals surface area contributed by atoms with Crippen LogP contribution < -0.4 is 10.0 Å². The Morgan fingerprint density at radius 3 is 2.11 bits per heavy atom. The van der Waals surface area contributed by atoms with Gasteiger partial charge >= 0.3 is 0 Å². The van der Waals surface area contributed by atoms with Crippen LogP contribution in [0, 0.1) is 0 Å². The van der Waals surface area contributed by atoms with Crippen LogP contribution in [0.3, 0.4) is 0 Å². The summed E-state index contributed by atoms with van der Waals surface area (Å²) in [7, 11) is -3.47. The largest absolute Gasteiger partial charge is 0.323 e. The number of anilines is 1. The predicted molar refractivity (Wildman–Crippen MR) is 110 cm³/mol. The van der Waals surface area contributed by atoms with Crippen molar-refractivity contribution in [3.63, 3.8) is 0 Å². The van der Waals surface area contributed by atoms with Crippen molar-refractivity contribution in [2.75, 3.05) is 11.9 Å². The number of amides is 1. The fraction of sp³-hybridized carbons (Fsp3) is 0.286. The fourth-order valence-corrected chi connectivity index (χ4v) is 3.48. The maximum atomic E-state index is 12.1. The summed E-state index contributed by atoms with van der Waals surface area (Å²) in [6, 6.07) is 14.1. The molecule has 2 rings (SSSR count). The second-order valence-corrected chi connectivity index (χ2v) is 8.99. The molecule has 0 spiro atoms. The van der Waals surface area contributed by atoms with Gasteiger partial charge in [-0.3, -0.25) is 4.79 Å². The van der Waals surface area contributed by atoms with E-state index in [2.05, 4.69) is 30.8 Å². The third kappa shape index (κ3) is 6.05. The average molecular weight is 387 g/mol. The predicted octanol–water partition coefficient (Wildman–Crippen LogP) is 3.93. The Labute approximate surface area is 161 Å². The van der Waals surface area contributed by atoms with Gasteiger partial charge in [0.1, 0.15) is 0 Å². The number of nitrogens with one attached hydrogen (secondary N) is 2. The summed E-state index contributed by atoms with van der Waals surface area (Å²) in [6.45, 7) is 8.47. The molecule has 0 aliphatic carbocycles. The zero-order chi connectivity index (χ0) is 20.1. The minimum atomic E-state index is -3.47. The van der Waals surface area contributed by atoms with Gasteiger partial charge in [0.2, 0.25) is 15.9 Å². The average Bonchev–Trinajstić information content (AvgIpc) is 2.60. The van der Waals surface area contributed by atoms with E-state index in [1.165, 1.54) is 23.8 Å². The minimum Gasteiger partial charge on any atom is -0.323 e. The van der Waals surface area contributed by atoms with Gasteiger partial charge < -0.3 is 5.32 Å². The van der Waals surface area contributed by atoms with E-state index in [0.29, 0.717) is 6.54 Å². The van der Waals surface area contributed by atoms with Gasteiger partial charge in [-0.25, -0.2) is 13.1 Å². The molecule has 0 aliphatic rings. The Balaban J connectivity index is 2.00. The van der Waals surface area contributed by atoms with Crippen molar-refractivity contribution in [2.45, 2.75) is 38.0 Å². The van der Waals surface area contributed by atoms with Crippen LogP contribution in [-0.2, 0) is 20.2 Å². The summed E-state index contributed by atoms with van der Waals surface area (Å²) < 4.78 is 26.2. The van der Waals surface area contributed by atoms with Crippen molar-refractivity contribution in [1.82, 2.24) is 4.72 Å². The smallest absolute Gasteiger partial charge is 0.248 e. The topological polar surface area (TPSA) is 75.3 Å². The molecule has 0 aliphatic heterocycles. The highest BCUT2D eigenvalue weighted by atomic mass is 32.2. The van der Waals surface area contributed by atoms with Crippen LogP contribution in [0.15, 0.2) is 59.5 Å². The molecule has 1 amide bonds. The van der Waals surface area contributed by atoms with Crippen molar-refractivity contribution < 1.29 is 13.2 Å². The Morgan fingerprint density at radius 2 is 1.59 bits per heavy atom. The molecule has 0 saturated heterocycles. The third-order valence-corrected chi connectivity index (χ3v) is 5.53. The van der Waals surface area contributed by atoms with Crippen LogP contribution in [0.4, 0.5) is 5.69 Å². The summed E-state index contributed by atoms with van der Waals surface area (Å²) in [6.07, 6.45) is 3.06. The zero-order valence-electron chi connectivity index (χ0n) is 16.1. The number of benzene rings is 2. The first kappa shape index (κ1) is 20.9. The van der Waals surface area contributed by atoms with Crippen LogP contribution in [0.2, 0.25) is 0 Å². The molecule has 0 bridgehead atoms. The van der Waals surface area contributed by atoms with Crippen molar-refractivity contribution >= 4 is 27.7 Å². The molecule has 0 unspecified atom stereocenters. The van der Waals surface area contributed by atoms with Crippen LogP contribution in [-0.4, -0.2) is 20.9 Å². The van der Waals surface area contributed by atoms with Crippen LogP contribution in [0.5, 0.6) is 0 Å². The molecule has 2 aromatic carbocycles. The van der Waals surface area contributed by atoms with E-state index in [-0.39, 0.29) is 16.2 Å². The van der Waals surface area contributed by atoms with E-state index in [9.17, 15) is 13.2 Å². The molecule has 0 atom stereocenters. The number of sulfonamides is 1. The highest BCUT2D eigenvalue weighted by molar-refractivity contribution is 7.89. The van der Waals surface area contributed by atoms with E-state index in [4.69, 9.17) is 0 Å². The molecular formula is C21H26N2O3S. The Bertz CT molecular complexity index is 907. The monoisotopic (exact) mass is 386 g/mol. The summed E-state index contributed by atoms with van der Waals surface area (Å²) in [5.74, 6) is -0.247. The quantitative estimate of drug-likeness (QED) is 0.739. The molecule has 2 N–H and O–H groups in total. The Morgan fingerprint density at radius 1 is 1.00 bits per heavy atom. The van der Waals surface area contributed by atoms with E-state index in [1.807, 2.05) is 24.3 Å². The number of carbonyl (C=O) groups is 1. The summed E-state index contributed by atoms with van der Waals surface area (Å²) in [5.41, 5.74) is 2.73. The van der Waals surface area contributed by atoms with Crippen LogP contribution in [0.1, 0.15) is 38.8 Å². The molecule has 2 aromatic rings. The van der Waals surface area contributed by atoms with Crippen molar-refractivity contribution in [2.24, 2.45) is 0 Å². The van der Waals surface area contributed by atoms with Crippen LogP contribution >= 0.6 is 0 Å². The molecule has 27 heavy (non-hydrogen) atoms. The molecule has 0 aromatic heterocycles. The number of hydrogen-bond acceptors (Lipinski definition) is 3. The summed E-state index contributed by atoms with van der Waals surface area (Å²) in [5, 5.41) is 2.81. The van der Waals surface area contributed by atoms with E-state index in [1.54, 1.807) is 25.1 Å². The van der Waals surface area contributed by atoms with Crippen molar-refractivity contribution in [3.05, 3.63) is 65.7 Å². The Hall–Kier alpha value is -2.44. The normalized spacial score (nSPS) is 12.3. The molecule has 0 radical (unpaired) electrons. The highest BCUT2D eigenvalue weighted by Gasteiger charge is 2.13. The third-order valence-electron chi connectivity index (χ3n) is 3.97. The number of rotatable bonds is 6. The summed E-state index contributed by atoms with van der Waals surface area (Å²) >= 11 is 0. The second kappa shape index (κ2) is 8.50. The van der Waals surface area contributed by atoms with Gasteiger partial charge in [-0.2, -0.15) is 0 Å². The second-order valence-electron chi connectivity index (χ2n) is 7.22. The molecule has 144 valence electrons. The molecule has 6 heteroatoms. The maximum Gasteiger partial charge on any atom is 0.248 e. The SMILES string of the molecule is CCNS(=O)(=O)c1ccc(/C=C/C(=O)Nc2ccc(C(C)(C)C)cc2)cc1. The lowest BCUT2D eigenvalue weighted by atomic mass is 9.87. The van der Waals surface area contributed by atoms with Gasteiger partial charge in [-0.15, -0.1) is 0 Å². The van der Waals surface area contributed by atoms with E-state index < -0.39 is 10.0 Å². The van der Waals surface area contributed by atoms with Gasteiger partial charge in [0.05, 0.1) is 4.90 Å². The molecule has 0 saturated carbocycles. The summed E-state index contributed by atoms with van der Waals surface area (Å²) in [4.78, 5) is 12.3. The molecule has 0 heterocycles. The minimum absolute atomic E-state index is 0.0642.